The molecule has 3 rings (SSSR count). The summed E-state index contributed by atoms with van der Waals surface area (Å²) in [6, 6.07) is 11.7. The van der Waals surface area contributed by atoms with E-state index in [4.69, 9.17) is 34.3 Å². The van der Waals surface area contributed by atoms with E-state index in [2.05, 4.69) is 10.1 Å². The lowest BCUT2D eigenvalue weighted by molar-refractivity contribution is -0.142. The van der Waals surface area contributed by atoms with Gasteiger partial charge in [-0.3, -0.25) is 9.59 Å². The number of esters is 1. The van der Waals surface area contributed by atoms with Gasteiger partial charge in [0.1, 0.15) is 21.9 Å². The van der Waals surface area contributed by atoms with Crippen molar-refractivity contribution < 1.29 is 19.1 Å². The highest BCUT2D eigenvalue weighted by Gasteiger charge is 2.22. The van der Waals surface area contributed by atoms with Crippen LogP contribution in [0.15, 0.2) is 47.4 Å². The second kappa shape index (κ2) is 9.41. The normalized spacial score (nSPS) is 15.9. The van der Waals surface area contributed by atoms with Crippen LogP contribution >= 0.6 is 35.6 Å². The lowest BCUT2D eigenvalue weighted by Gasteiger charge is -2.11. The number of halogens is 1. The first kappa shape index (κ1) is 21.3. The number of hydrogen-bond donors (Lipinski definition) is 2. The number of hydrogen-bond acceptors (Lipinski definition) is 7. The Kier molecular flexibility index (Phi) is 6.92. The Labute approximate surface area is 182 Å². The van der Waals surface area contributed by atoms with Gasteiger partial charge in [-0.15, -0.1) is 0 Å². The molecule has 6 nitrogen and oxygen atoms in total. The second-order valence-corrected chi connectivity index (χ2v) is 8.25. The van der Waals surface area contributed by atoms with Crippen LogP contribution in [0.4, 0.5) is 0 Å². The molecule has 3 N–H and O–H groups in total. The van der Waals surface area contributed by atoms with E-state index in [1.807, 2.05) is 12.1 Å². The number of thioether (sulfide) groups is 1. The predicted octanol–water partition coefficient (Wildman–Crippen LogP) is 3.66. The minimum Gasteiger partial charge on any atom is -0.468 e. The topological polar surface area (TPSA) is 90.7 Å². The fourth-order valence-corrected chi connectivity index (χ4v) is 3.84. The van der Waals surface area contributed by atoms with Crippen LogP contribution < -0.4 is 15.8 Å². The largest absolute Gasteiger partial charge is 0.468 e. The van der Waals surface area contributed by atoms with E-state index in [1.54, 1.807) is 36.4 Å². The maximum absolute atomic E-state index is 11.8. The summed E-state index contributed by atoms with van der Waals surface area (Å²) in [7, 11) is 1.31. The van der Waals surface area contributed by atoms with Gasteiger partial charge in [0, 0.05) is 0 Å². The van der Waals surface area contributed by atoms with Crippen LogP contribution in [0.25, 0.3) is 6.08 Å². The number of methoxy groups -OCH3 is 1. The van der Waals surface area contributed by atoms with Crippen molar-refractivity contribution in [2.75, 3.05) is 7.11 Å². The van der Waals surface area contributed by atoms with Crippen molar-refractivity contribution in [3.63, 3.8) is 0 Å². The number of ether oxygens (including phenoxy) is 2. The number of carbonyl (C=O) groups excluding carboxylic acids is 2. The van der Waals surface area contributed by atoms with Crippen molar-refractivity contribution in [2.24, 2.45) is 5.73 Å². The summed E-state index contributed by atoms with van der Waals surface area (Å²) < 4.78 is 10.9. The van der Waals surface area contributed by atoms with E-state index in [0.717, 1.165) is 11.1 Å². The van der Waals surface area contributed by atoms with Gasteiger partial charge in [0.05, 0.1) is 17.0 Å². The Morgan fingerprint density at radius 2 is 2.03 bits per heavy atom. The zero-order valence-electron chi connectivity index (χ0n) is 15.3. The first-order valence-electron chi connectivity index (χ1n) is 8.50. The Balaban J connectivity index is 1.67. The first-order valence-corrected chi connectivity index (χ1v) is 10.1. The molecule has 0 spiro atoms. The zero-order chi connectivity index (χ0) is 21.0. The zero-order valence-corrected chi connectivity index (χ0v) is 17.7. The molecule has 1 atom stereocenters. The Bertz CT molecular complexity index is 992. The molecule has 0 aliphatic carbocycles. The molecule has 0 bridgehead atoms. The number of rotatable bonds is 6. The molecule has 0 radical (unpaired) electrons. The standard InChI is InChI=1S/C20H17ClN2O4S2/c1-26-19(25)15(22)9-11-2-5-13(6-3-11)27-16-7-4-12(8-14(16)21)10-17-18(24)23-20(28)29-17/h2-8,10,15H,9,22H2,1H3,(H,23,24,28)/b17-10-/t15-/m1/s1. The van der Waals surface area contributed by atoms with Gasteiger partial charge in [-0.05, 0) is 47.9 Å². The summed E-state index contributed by atoms with van der Waals surface area (Å²) in [5, 5.41) is 2.97. The van der Waals surface area contributed by atoms with Gasteiger partial charge in [0.25, 0.3) is 5.91 Å². The highest BCUT2D eigenvalue weighted by Crippen LogP contribution is 2.32. The molecule has 1 saturated heterocycles. The van der Waals surface area contributed by atoms with Crippen LogP contribution in [0.3, 0.4) is 0 Å². The molecule has 1 fully saturated rings. The SMILES string of the molecule is COC(=O)[C@H](N)Cc1ccc(Oc2ccc(/C=C3\SC(=S)NC3=O)cc2Cl)cc1. The van der Waals surface area contributed by atoms with Crippen molar-refractivity contribution >= 4 is 57.9 Å². The molecular formula is C20H17ClN2O4S2. The molecule has 150 valence electrons. The minimum atomic E-state index is -0.711. The summed E-state index contributed by atoms with van der Waals surface area (Å²) in [5.41, 5.74) is 7.41. The number of amides is 1. The fourth-order valence-electron chi connectivity index (χ4n) is 2.57. The molecule has 29 heavy (non-hydrogen) atoms. The van der Waals surface area contributed by atoms with Crippen molar-refractivity contribution in [2.45, 2.75) is 12.5 Å². The molecule has 1 amide bonds. The Morgan fingerprint density at radius 1 is 1.31 bits per heavy atom. The molecule has 9 heteroatoms. The van der Waals surface area contributed by atoms with E-state index in [0.29, 0.717) is 32.2 Å². The van der Waals surface area contributed by atoms with Gasteiger partial charge < -0.3 is 20.5 Å². The van der Waals surface area contributed by atoms with E-state index in [9.17, 15) is 9.59 Å². The van der Waals surface area contributed by atoms with E-state index < -0.39 is 12.0 Å². The van der Waals surface area contributed by atoms with Crippen molar-refractivity contribution in [1.29, 1.82) is 0 Å². The first-order chi connectivity index (χ1) is 13.9. The van der Waals surface area contributed by atoms with Crippen molar-refractivity contribution in [3.8, 4) is 11.5 Å². The minimum absolute atomic E-state index is 0.219. The maximum Gasteiger partial charge on any atom is 0.322 e. The smallest absolute Gasteiger partial charge is 0.322 e. The van der Waals surface area contributed by atoms with Crippen LogP contribution in [0.1, 0.15) is 11.1 Å². The van der Waals surface area contributed by atoms with Gasteiger partial charge in [0.2, 0.25) is 0 Å². The van der Waals surface area contributed by atoms with Crippen LogP contribution in [0, 0.1) is 0 Å². The van der Waals surface area contributed by atoms with Crippen molar-refractivity contribution in [3.05, 3.63) is 63.5 Å². The van der Waals surface area contributed by atoms with Crippen LogP contribution in [-0.4, -0.2) is 29.3 Å². The third-order valence-corrected chi connectivity index (χ3v) is 5.46. The Morgan fingerprint density at radius 3 is 2.62 bits per heavy atom. The summed E-state index contributed by atoms with van der Waals surface area (Å²) in [4.78, 5) is 23.7. The molecule has 2 aromatic carbocycles. The molecule has 0 aromatic heterocycles. The lowest BCUT2D eigenvalue weighted by Crippen LogP contribution is -2.33. The molecule has 1 aliphatic heterocycles. The highest BCUT2D eigenvalue weighted by atomic mass is 35.5. The number of carbonyl (C=O) groups is 2. The summed E-state index contributed by atoms with van der Waals surface area (Å²) in [6.45, 7) is 0. The number of nitrogens with two attached hydrogens (primary N) is 1. The third kappa shape index (κ3) is 5.57. The van der Waals surface area contributed by atoms with Crippen molar-refractivity contribution in [1.82, 2.24) is 5.32 Å². The Hall–Kier alpha value is -2.39. The highest BCUT2D eigenvalue weighted by molar-refractivity contribution is 8.26. The number of thiocarbonyl (C=S) groups is 1. The van der Waals surface area contributed by atoms with Crippen LogP contribution in [-0.2, 0) is 20.7 Å². The molecule has 0 unspecified atom stereocenters. The van der Waals surface area contributed by atoms with Gasteiger partial charge in [-0.1, -0.05) is 53.8 Å². The van der Waals surface area contributed by atoms with E-state index in [1.165, 1.54) is 18.9 Å². The molecular weight excluding hydrogens is 432 g/mol. The van der Waals surface area contributed by atoms with Gasteiger partial charge >= 0.3 is 5.97 Å². The molecule has 1 aliphatic rings. The molecule has 2 aromatic rings. The predicted molar refractivity (Wildman–Crippen MR) is 118 cm³/mol. The second-order valence-electron chi connectivity index (χ2n) is 6.12. The quantitative estimate of drug-likeness (QED) is 0.396. The monoisotopic (exact) mass is 448 g/mol. The van der Waals surface area contributed by atoms with Crippen LogP contribution in [0.5, 0.6) is 11.5 Å². The average Bonchev–Trinajstić information content (AvgIpc) is 3.01. The van der Waals surface area contributed by atoms with E-state index >= 15 is 0 Å². The summed E-state index contributed by atoms with van der Waals surface area (Å²) in [6.07, 6.45) is 2.08. The molecule has 0 saturated carbocycles. The van der Waals surface area contributed by atoms with Gasteiger partial charge in [-0.2, -0.15) is 0 Å². The number of benzene rings is 2. The summed E-state index contributed by atoms with van der Waals surface area (Å²) in [5.74, 6) is 0.391. The number of nitrogens with one attached hydrogen (secondary N) is 1. The van der Waals surface area contributed by atoms with Gasteiger partial charge in [0.15, 0.2) is 0 Å². The summed E-state index contributed by atoms with van der Waals surface area (Å²) >= 11 is 12.5. The van der Waals surface area contributed by atoms with Crippen LogP contribution in [0.2, 0.25) is 5.02 Å². The third-order valence-electron chi connectivity index (χ3n) is 4.01. The fraction of sp³-hybridized carbons (Fsp3) is 0.150. The maximum atomic E-state index is 11.8. The van der Waals surface area contributed by atoms with Gasteiger partial charge in [-0.25, -0.2) is 0 Å². The van der Waals surface area contributed by atoms with E-state index in [-0.39, 0.29) is 5.91 Å². The lowest BCUT2D eigenvalue weighted by atomic mass is 10.1. The molecule has 1 heterocycles. The average molecular weight is 449 g/mol.